The van der Waals surface area contributed by atoms with Gasteiger partial charge in [0.2, 0.25) is 5.91 Å². The maximum atomic E-state index is 12.6. The molecule has 13 nitrogen and oxygen atoms in total. The fourth-order valence-electron chi connectivity index (χ4n) is 5.31. The molecule has 0 bridgehead atoms. The zero-order valence-corrected chi connectivity index (χ0v) is 25.7. The van der Waals surface area contributed by atoms with Gasteiger partial charge < -0.3 is 14.6 Å². The van der Waals surface area contributed by atoms with E-state index in [9.17, 15) is 13.2 Å². The molecule has 0 spiro atoms. The van der Waals surface area contributed by atoms with Gasteiger partial charge in [-0.15, -0.1) is 0 Å². The topological polar surface area (TPSA) is 152 Å². The third-order valence-electron chi connectivity index (χ3n) is 7.71. The Hall–Kier alpha value is -4.43. The number of carbonyl (C=O) groups excluding carboxylic acids is 1. The number of aromatic nitrogens is 8. The molecular weight excluding hydrogens is 582 g/mol. The Morgan fingerprint density at radius 1 is 1.05 bits per heavy atom. The van der Waals surface area contributed by atoms with E-state index in [4.69, 9.17) is 9.72 Å². The van der Waals surface area contributed by atoms with Crippen molar-refractivity contribution < 1.29 is 17.9 Å². The van der Waals surface area contributed by atoms with Gasteiger partial charge in [0, 0.05) is 78.7 Å². The van der Waals surface area contributed by atoms with E-state index in [-0.39, 0.29) is 30.3 Å². The minimum atomic E-state index is -3.49. The molecular formula is C30H35N9O4S. The van der Waals surface area contributed by atoms with Crippen molar-refractivity contribution in [1.82, 2.24) is 43.8 Å². The van der Waals surface area contributed by atoms with Crippen LogP contribution in [-0.2, 0) is 32.5 Å². The summed E-state index contributed by atoms with van der Waals surface area (Å²) < 4.78 is 34.5. The normalized spacial score (nSPS) is 14.5. The van der Waals surface area contributed by atoms with Crippen molar-refractivity contribution in [2.24, 2.45) is 0 Å². The highest BCUT2D eigenvalue weighted by atomic mass is 32.2. The number of nitrogens with zero attached hydrogens (tertiary/aromatic N) is 8. The number of rotatable bonds is 10. The molecule has 1 fully saturated rings. The van der Waals surface area contributed by atoms with Crippen LogP contribution in [0, 0.1) is 0 Å². The molecule has 0 radical (unpaired) electrons. The minimum absolute atomic E-state index is 0.0562. The SMILES string of the molecule is CCS(=O)(=O)n1cc(-c2nccc(Cc3cc4c(cn3)c(-c3cnn(CC(=O)NC5CCOCC5)c3)cn4C(C)C)n2)cn1. The van der Waals surface area contributed by atoms with E-state index >= 15 is 0 Å². The van der Waals surface area contributed by atoms with Gasteiger partial charge in [-0.05, 0) is 45.7 Å². The van der Waals surface area contributed by atoms with Crippen molar-refractivity contribution in [2.75, 3.05) is 19.0 Å². The van der Waals surface area contributed by atoms with Crippen LogP contribution in [0.3, 0.4) is 0 Å². The Bertz CT molecular complexity index is 1900. The number of nitrogens with one attached hydrogen (secondary N) is 1. The van der Waals surface area contributed by atoms with Crippen LogP contribution in [0.2, 0.25) is 0 Å². The summed E-state index contributed by atoms with van der Waals surface area (Å²) in [5.74, 6) is 0.280. The molecule has 14 heteroatoms. The molecule has 6 heterocycles. The number of carbonyl (C=O) groups is 1. The van der Waals surface area contributed by atoms with Gasteiger partial charge in [-0.1, -0.05) is 0 Å². The lowest BCUT2D eigenvalue weighted by atomic mass is 10.1. The smallest absolute Gasteiger partial charge is 0.253 e. The number of amides is 1. The van der Waals surface area contributed by atoms with E-state index in [0.717, 1.165) is 50.3 Å². The van der Waals surface area contributed by atoms with E-state index in [1.165, 1.54) is 12.4 Å². The van der Waals surface area contributed by atoms with Crippen LogP contribution >= 0.6 is 0 Å². The van der Waals surface area contributed by atoms with Gasteiger partial charge in [0.15, 0.2) is 5.82 Å². The van der Waals surface area contributed by atoms with Gasteiger partial charge >= 0.3 is 0 Å². The molecule has 0 aliphatic carbocycles. The molecule has 230 valence electrons. The summed E-state index contributed by atoms with van der Waals surface area (Å²) in [7, 11) is -3.49. The Labute approximate surface area is 255 Å². The van der Waals surface area contributed by atoms with E-state index < -0.39 is 10.0 Å². The fraction of sp³-hybridized carbons (Fsp3) is 0.400. The van der Waals surface area contributed by atoms with Crippen molar-refractivity contribution in [2.45, 2.75) is 58.7 Å². The van der Waals surface area contributed by atoms with Gasteiger partial charge in [-0.25, -0.2) is 18.4 Å². The Balaban J connectivity index is 1.22. The monoisotopic (exact) mass is 617 g/mol. The number of fused-ring (bicyclic) bond motifs is 1. The third-order valence-corrected chi connectivity index (χ3v) is 9.21. The van der Waals surface area contributed by atoms with Gasteiger partial charge in [0.25, 0.3) is 10.0 Å². The Kier molecular flexibility index (Phi) is 8.27. The molecule has 1 amide bonds. The lowest BCUT2D eigenvalue weighted by Crippen LogP contribution is -2.40. The van der Waals surface area contributed by atoms with Crippen molar-refractivity contribution in [3.05, 3.63) is 66.9 Å². The first-order valence-corrected chi connectivity index (χ1v) is 16.3. The summed E-state index contributed by atoms with van der Waals surface area (Å²) in [5, 5.41) is 12.5. The van der Waals surface area contributed by atoms with Gasteiger partial charge in [-0.3, -0.25) is 14.5 Å². The zero-order chi connectivity index (χ0) is 30.8. The number of pyridine rings is 1. The molecule has 6 rings (SSSR count). The fourth-order valence-corrected chi connectivity index (χ4v) is 6.04. The molecule has 44 heavy (non-hydrogen) atoms. The highest BCUT2D eigenvalue weighted by Crippen LogP contribution is 2.32. The molecule has 1 aliphatic heterocycles. The lowest BCUT2D eigenvalue weighted by molar-refractivity contribution is -0.123. The van der Waals surface area contributed by atoms with Crippen LogP contribution in [0.1, 0.15) is 51.0 Å². The van der Waals surface area contributed by atoms with Crippen LogP contribution in [0.25, 0.3) is 33.4 Å². The van der Waals surface area contributed by atoms with Crippen LogP contribution in [0.15, 0.2) is 55.5 Å². The van der Waals surface area contributed by atoms with Crippen LogP contribution in [-0.4, -0.2) is 77.8 Å². The van der Waals surface area contributed by atoms with Crippen LogP contribution in [0.5, 0.6) is 0 Å². The first-order chi connectivity index (χ1) is 21.2. The quantitative estimate of drug-likeness (QED) is 0.249. The minimum Gasteiger partial charge on any atom is -0.381 e. The lowest BCUT2D eigenvalue weighted by Gasteiger charge is -2.23. The van der Waals surface area contributed by atoms with Crippen molar-refractivity contribution in [3.8, 4) is 22.5 Å². The van der Waals surface area contributed by atoms with E-state index in [2.05, 4.69) is 56.2 Å². The molecule has 0 unspecified atom stereocenters. The van der Waals surface area contributed by atoms with Crippen molar-refractivity contribution in [3.63, 3.8) is 0 Å². The van der Waals surface area contributed by atoms with E-state index in [1.807, 2.05) is 18.5 Å². The molecule has 0 aromatic carbocycles. The zero-order valence-electron chi connectivity index (χ0n) is 24.9. The predicted octanol–water partition coefficient (Wildman–Crippen LogP) is 3.22. The summed E-state index contributed by atoms with van der Waals surface area (Å²) in [4.78, 5) is 26.4. The number of hydrogen-bond donors (Lipinski definition) is 1. The highest BCUT2D eigenvalue weighted by molar-refractivity contribution is 7.89. The Morgan fingerprint density at radius 3 is 2.61 bits per heavy atom. The van der Waals surface area contributed by atoms with Gasteiger partial charge in [0.05, 0.1) is 41.1 Å². The molecule has 0 saturated carbocycles. The van der Waals surface area contributed by atoms with Crippen LogP contribution in [0.4, 0.5) is 0 Å². The first kappa shape index (κ1) is 29.6. The van der Waals surface area contributed by atoms with Crippen LogP contribution < -0.4 is 5.32 Å². The summed E-state index contributed by atoms with van der Waals surface area (Å²) in [6.45, 7) is 7.32. The molecule has 1 N–H and O–H groups in total. The maximum absolute atomic E-state index is 12.6. The second kappa shape index (κ2) is 12.3. The standard InChI is InChI=1S/C30H35N9O4S/c1-4-44(41,42)39-17-22(14-34-39)30-31-8-5-24(36-30)11-25-12-28-26(15-32-25)27(18-38(28)20(2)3)21-13-33-37(16-21)19-29(40)35-23-6-9-43-10-7-23/h5,8,12-18,20,23H,4,6-7,9-11,19H2,1-3H3,(H,35,40). The van der Waals surface area contributed by atoms with E-state index in [1.54, 1.807) is 24.0 Å². The molecule has 5 aromatic heterocycles. The van der Waals surface area contributed by atoms with E-state index in [0.29, 0.717) is 31.0 Å². The van der Waals surface area contributed by atoms with Crippen molar-refractivity contribution >= 4 is 26.8 Å². The number of ether oxygens (including phenoxy) is 1. The largest absolute Gasteiger partial charge is 0.381 e. The second-order valence-electron chi connectivity index (χ2n) is 11.2. The number of hydrogen-bond acceptors (Lipinski definition) is 9. The molecule has 5 aromatic rings. The molecule has 1 saturated heterocycles. The van der Waals surface area contributed by atoms with Crippen molar-refractivity contribution in [1.29, 1.82) is 0 Å². The Morgan fingerprint density at radius 2 is 1.84 bits per heavy atom. The second-order valence-corrected chi connectivity index (χ2v) is 13.3. The van der Waals surface area contributed by atoms with Gasteiger partial charge in [-0.2, -0.15) is 14.3 Å². The summed E-state index contributed by atoms with van der Waals surface area (Å²) in [5.41, 5.74) is 5.04. The average Bonchev–Trinajstić information content (AvgIpc) is 3.77. The summed E-state index contributed by atoms with van der Waals surface area (Å²) >= 11 is 0. The molecule has 0 atom stereocenters. The van der Waals surface area contributed by atoms with Gasteiger partial charge in [0.1, 0.15) is 6.54 Å². The third kappa shape index (κ3) is 6.26. The highest BCUT2D eigenvalue weighted by Gasteiger charge is 2.19. The average molecular weight is 618 g/mol. The predicted molar refractivity (Wildman–Crippen MR) is 164 cm³/mol. The maximum Gasteiger partial charge on any atom is 0.253 e. The summed E-state index contributed by atoms with van der Waals surface area (Å²) in [6, 6.07) is 4.23. The first-order valence-electron chi connectivity index (χ1n) is 14.7. The molecule has 1 aliphatic rings. The summed E-state index contributed by atoms with van der Waals surface area (Å²) in [6.07, 6.45) is 14.3.